The molecule has 0 amide bonds. The maximum atomic E-state index is 13.6. The number of benzene rings is 1. The highest BCUT2D eigenvalue weighted by Gasteiger charge is 2.32. The first-order valence-electron chi connectivity index (χ1n) is 6.00. The third kappa shape index (κ3) is 2.51. The molecule has 0 heterocycles. The van der Waals surface area contributed by atoms with Gasteiger partial charge in [0.2, 0.25) is 0 Å². The molecule has 0 radical (unpaired) electrons. The van der Waals surface area contributed by atoms with Crippen LogP contribution in [0.1, 0.15) is 32.6 Å². The van der Waals surface area contributed by atoms with E-state index in [1.165, 1.54) is 18.2 Å². The Kier molecular flexibility index (Phi) is 3.52. The maximum absolute atomic E-state index is 13.6. The molecular formula is C13H17FO2S. The Balaban J connectivity index is 2.33. The van der Waals surface area contributed by atoms with Crippen LogP contribution in [0.3, 0.4) is 0 Å². The minimum atomic E-state index is -3.50. The molecule has 1 saturated carbocycles. The van der Waals surface area contributed by atoms with E-state index in [1.807, 2.05) is 0 Å². The predicted octanol–water partition coefficient (Wildman–Crippen LogP) is 3.18. The van der Waals surface area contributed by atoms with E-state index in [-0.39, 0.29) is 4.90 Å². The van der Waals surface area contributed by atoms with Crippen molar-refractivity contribution in [2.24, 2.45) is 5.92 Å². The summed E-state index contributed by atoms with van der Waals surface area (Å²) in [6.07, 6.45) is 3.29. The smallest absolute Gasteiger partial charge is 0.184 e. The van der Waals surface area contributed by atoms with Crippen molar-refractivity contribution in [3.8, 4) is 0 Å². The summed E-state index contributed by atoms with van der Waals surface area (Å²) >= 11 is 0. The second kappa shape index (κ2) is 4.77. The van der Waals surface area contributed by atoms with Crippen LogP contribution in [-0.2, 0) is 9.84 Å². The molecule has 2 rings (SSSR count). The van der Waals surface area contributed by atoms with Gasteiger partial charge in [0.15, 0.2) is 9.84 Å². The standard InChI is InChI=1S/C13H17FO2S/c1-10-5-4-6-11(9-10)17(15,16)13-8-3-2-7-12(13)14/h2-3,7-8,10-11H,4-6,9H2,1H3. The summed E-state index contributed by atoms with van der Waals surface area (Å²) in [5, 5.41) is -0.414. The molecule has 0 saturated heterocycles. The van der Waals surface area contributed by atoms with Gasteiger partial charge < -0.3 is 0 Å². The fourth-order valence-corrected chi connectivity index (χ4v) is 4.54. The van der Waals surface area contributed by atoms with Crippen molar-refractivity contribution in [3.63, 3.8) is 0 Å². The zero-order valence-electron chi connectivity index (χ0n) is 9.90. The summed E-state index contributed by atoms with van der Waals surface area (Å²) in [7, 11) is -3.50. The molecule has 94 valence electrons. The zero-order chi connectivity index (χ0) is 12.5. The fourth-order valence-electron chi connectivity index (χ4n) is 2.52. The monoisotopic (exact) mass is 256 g/mol. The molecule has 2 nitrogen and oxygen atoms in total. The van der Waals surface area contributed by atoms with E-state index >= 15 is 0 Å². The third-order valence-electron chi connectivity index (χ3n) is 3.47. The Morgan fingerprint density at radius 1 is 1.24 bits per heavy atom. The van der Waals surface area contributed by atoms with E-state index in [2.05, 4.69) is 6.92 Å². The Bertz CT molecular complexity index is 496. The summed E-state index contributed by atoms with van der Waals surface area (Å²) in [5.74, 6) is -0.221. The van der Waals surface area contributed by atoms with Crippen LogP contribution in [0.4, 0.5) is 4.39 Å². The predicted molar refractivity (Wildman–Crippen MR) is 65.0 cm³/mol. The molecule has 0 N–H and O–H groups in total. The summed E-state index contributed by atoms with van der Waals surface area (Å²) < 4.78 is 38.2. The average molecular weight is 256 g/mol. The van der Waals surface area contributed by atoms with Crippen molar-refractivity contribution in [1.82, 2.24) is 0 Å². The van der Waals surface area contributed by atoms with Gasteiger partial charge in [-0.2, -0.15) is 0 Å². The van der Waals surface area contributed by atoms with Gasteiger partial charge in [-0.3, -0.25) is 0 Å². The molecule has 1 aliphatic rings. The lowest BCUT2D eigenvalue weighted by molar-refractivity contribution is 0.381. The van der Waals surface area contributed by atoms with Crippen molar-refractivity contribution in [2.45, 2.75) is 42.8 Å². The van der Waals surface area contributed by atoms with E-state index in [0.717, 1.165) is 12.8 Å². The van der Waals surface area contributed by atoms with E-state index in [1.54, 1.807) is 6.07 Å². The van der Waals surface area contributed by atoms with Gasteiger partial charge in [-0.05, 0) is 30.9 Å². The van der Waals surface area contributed by atoms with Gasteiger partial charge in [0.25, 0.3) is 0 Å². The van der Waals surface area contributed by atoms with Crippen molar-refractivity contribution in [2.75, 3.05) is 0 Å². The Labute approximate surface area is 102 Å². The largest absolute Gasteiger partial charge is 0.223 e. The fraction of sp³-hybridized carbons (Fsp3) is 0.538. The quantitative estimate of drug-likeness (QED) is 0.814. The van der Waals surface area contributed by atoms with Gasteiger partial charge in [0.05, 0.1) is 5.25 Å². The van der Waals surface area contributed by atoms with Gasteiger partial charge in [-0.25, -0.2) is 12.8 Å². The van der Waals surface area contributed by atoms with Crippen molar-refractivity contribution < 1.29 is 12.8 Å². The molecule has 0 aromatic heterocycles. The first-order valence-corrected chi connectivity index (χ1v) is 7.55. The molecule has 0 bridgehead atoms. The number of rotatable bonds is 2. The number of hydrogen-bond donors (Lipinski definition) is 0. The Hall–Kier alpha value is -0.900. The van der Waals surface area contributed by atoms with Crippen LogP contribution in [0.15, 0.2) is 29.2 Å². The minimum absolute atomic E-state index is 0.140. The van der Waals surface area contributed by atoms with E-state index in [4.69, 9.17) is 0 Å². The summed E-state index contributed by atoms with van der Waals surface area (Å²) in [6, 6.07) is 5.66. The highest BCUT2D eigenvalue weighted by molar-refractivity contribution is 7.92. The lowest BCUT2D eigenvalue weighted by Crippen LogP contribution is -2.28. The molecule has 1 fully saturated rings. The molecule has 4 heteroatoms. The van der Waals surface area contributed by atoms with E-state index < -0.39 is 20.9 Å². The van der Waals surface area contributed by atoms with Crippen LogP contribution in [0.5, 0.6) is 0 Å². The van der Waals surface area contributed by atoms with Crippen LogP contribution in [0, 0.1) is 11.7 Å². The highest BCUT2D eigenvalue weighted by Crippen LogP contribution is 2.32. The van der Waals surface area contributed by atoms with Crippen LogP contribution in [0.2, 0.25) is 0 Å². The van der Waals surface area contributed by atoms with Crippen LogP contribution in [-0.4, -0.2) is 13.7 Å². The second-order valence-corrected chi connectivity index (χ2v) is 7.07. The lowest BCUT2D eigenvalue weighted by Gasteiger charge is -2.26. The molecule has 1 aliphatic carbocycles. The lowest BCUT2D eigenvalue weighted by atomic mass is 9.91. The molecule has 0 aliphatic heterocycles. The van der Waals surface area contributed by atoms with Crippen LogP contribution < -0.4 is 0 Å². The topological polar surface area (TPSA) is 34.1 Å². The number of halogens is 1. The van der Waals surface area contributed by atoms with Gasteiger partial charge in [0.1, 0.15) is 10.7 Å². The molecule has 1 aromatic carbocycles. The first kappa shape index (κ1) is 12.6. The van der Waals surface area contributed by atoms with Gasteiger partial charge in [-0.15, -0.1) is 0 Å². The zero-order valence-corrected chi connectivity index (χ0v) is 10.7. The van der Waals surface area contributed by atoms with Crippen molar-refractivity contribution in [1.29, 1.82) is 0 Å². The summed E-state index contributed by atoms with van der Waals surface area (Å²) in [4.78, 5) is -0.140. The van der Waals surface area contributed by atoms with Crippen LogP contribution >= 0.6 is 0 Å². The molecular weight excluding hydrogens is 239 g/mol. The minimum Gasteiger partial charge on any atom is -0.223 e. The van der Waals surface area contributed by atoms with Crippen LogP contribution in [0.25, 0.3) is 0 Å². The van der Waals surface area contributed by atoms with Gasteiger partial charge >= 0.3 is 0 Å². The first-order chi connectivity index (χ1) is 8.01. The number of hydrogen-bond acceptors (Lipinski definition) is 2. The second-order valence-electron chi connectivity index (χ2n) is 4.87. The van der Waals surface area contributed by atoms with Gasteiger partial charge in [-0.1, -0.05) is 31.9 Å². The van der Waals surface area contributed by atoms with Crippen molar-refractivity contribution in [3.05, 3.63) is 30.1 Å². The normalized spacial score (nSPS) is 25.8. The SMILES string of the molecule is CC1CCCC(S(=O)(=O)c2ccccc2F)C1. The molecule has 17 heavy (non-hydrogen) atoms. The van der Waals surface area contributed by atoms with E-state index in [9.17, 15) is 12.8 Å². The summed E-state index contributed by atoms with van der Waals surface area (Å²) in [6.45, 7) is 2.06. The van der Waals surface area contributed by atoms with Gasteiger partial charge in [0, 0.05) is 0 Å². The molecule has 0 spiro atoms. The Morgan fingerprint density at radius 2 is 1.94 bits per heavy atom. The molecule has 2 unspecified atom stereocenters. The molecule has 2 atom stereocenters. The third-order valence-corrected chi connectivity index (χ3v) is 5.72. The van der Waals surface area contributed by atoms with Crippen molar-refractivity contribution >= 4 is 9.84 Å². The maximum Gasteiger partial charge on any atom is 0.184 e. The van der Waals surface area contributed by atoms with E-state index in [0.29, 0.717) is 18.8 Å². The molecule has 1 aromatic rings. The Morgan fingerprint density at radius 3 is 2.59 bits per heavy atom. The average Bonchev–Trinajstić information content (AvgIpc) is 2.29. The highest BCUT2D eigenvalue weighted by atomic mass is 32.2. The summed E-state index contributed by atoms with van der Waals surface area (Å²) in [5.41, 5.74) is 0. The number of sulfone groups is 1.